The predicted molar refractivity (Wildman–Crippen MR) is 73.9 cm³/mol. The van der Waals surface area contributed by atoms with Gasteiger partial charge in [-0.1, -0.05) is 27.2 Å². The SMILES string of the molecule is CCCCC(CC)(CC)OC(=O)C(CC(=O)[O-])S(=O)(=O)O.[Na+]. The number of hydrogen-bond donors (Lipinski definition) is 1. The van der Waals surface area contributed by atoms with Crippen LogP contribution >= 0.6 is 0 Å². The molecule has 0 heterocycles. The van der Waals surface area contributed by atoms with Gasteiger partial charge in [-0.25, -0.2) is 0 Å². The van der Waals surface area contributed by atoms with E-state index in [0.717, 1.165) is 12.8 Å². The Balaban J connectivity index is 0. The maximum atomic E-state index is 12.0. The summed E-state index contributed by atoms with van der Waals surface area (Å²) >= 11 is 0. The molecule has 0 spiro atoms. The predicted octanol–water partition coefficient (Wildman–Crippen LogP) is -2.32. The third-order valence-electron chi connectivity index (χ3n) is 3.57. The largest absolute Gasteiger partial charge is 1.00 e. The van der Waals surface area contributed by atoms with Crippen molar-refractivity contribution in [2.45, 2.75) is 70.1 Å². The number of esters is 1. The van der Waals surface area contributed by atoms with Crippen LogP contribution in [0, 0.1) is 0 Å². The smallest absolute Gasteiger partial charge is 0.550 e. The fourth-order valence-corrected chi connectivity index (χ4v) is 2.68. The van der Waals surface area contributed by atoms with Gasteiger partial charge < -0.3 is 14.6 Å². The normalized spacial score (nSPS) is 13.1. The molecule has 0 aromatic heterocycles. The molecule has 7 nitrogen and oxygen atoms in total. The first-order chi connectivity index (χ1) is 9.61. The van der Waals surface area contributed by atoms with Crippen LogP contribution in [0.5, 0.6) is 0 Å². The van der Waals surface area contributed by atoms with Gasteiger partial charge in [0.25, 0.3) is 10.1 Å². The maximum Gasteiger partial charge on any atom is 1.00 e. The van der Waals surface area contributed by atoms with Crippen molar-refractivity contribution in [2.24, 2.45) is 0 Å². The molecule has 0 fully saturated rings. The van der Waals surface area contributed by atoms with Gasteiger partial charge in [0, 0.05) is 12.4 Å². The Morgan fingerprint density at radius 3 is 2.05 bits per heavy atom. The summed E-state index contributed by atoms with van der Waals surface area (Å²) < 4.78 is 36.6. The minimum absolute atomic E-state index is 0. The van der Waals surface area contributed by atoms with Gasteiger partial charge in [0.05, 0.1) is 0 Å². The van der Waals surface area contributed by atoms with Crippen molar-refractivity contribution < 1.29 is 62.0 Å². The van der Waals surface area contributed by atoms with Crippen LogP contribution in [-0.4, -0.2) is 35.8 Å². The summed E-state index contributed by atoms with van der Waals surface area (Å²) in [6.45, 7) is 5.57. The van der Waals surface area contributed by atoms with E-state index in [0.29, 0.717) is 19.3 Å². The van der Waals surface area contributed by atoms with Gasteiger partial charge in [0.2, 0.25) is 0 Å². The molecule has 9 heteroatoms. The van der Waals surface area contributed by atoms with Crippen LogP contribution < -0.4 is 34.7 Å². The molecule has 0 saturated carbocycles. The molecule has 1 unspecified atom stereocenters. The monoisotopic (exact) mass is 346 g/mol. The van der Waals surface area contributed by atoms with Crippen LogP contribution in [0.4, 0.5) is 0 Å². The first-order valence-electron chi connectivity index (χ1n) is 7.00. The van der Waals surface area contributed by atoms with E-state index in [9.17, 15) is 23.1 Å². The van der Waals surface area contributed by atoms with Crippen molar-refractivity contribution >= 4 is 22.1 Å². The van der Waals surface area contributed by atoms with E-state index < -0.39 is 39.3 Å². The van der Waals surface area contributed by atoms with Crippen molar-refractivity contribution in [2.75, 3.05) is 0 Å². The second-order valence-corrected chi connectivity index (χ2v) is 6.59. The number of carboxylic acids is 1. The average Bonchev–Trinajstić information content (AvgIpc) is 2.39. The molecule has 1 N–H and O–H groups in total. The van der Waals surface area contributed by atoms with E-state index in [4.69, 9.17) is 9.29 Å². The van der Waals surface area contributed by atoms with Crippen molar-refractivity contribution in [1.29, 1.82) is 0 Å². The van der Waals surface area contributed by atoms with Gasteiger partial charge in [-0.15, -0.1) is 0 Å². The van der Waals surface area contributed by atoms with Crippen LogP contribution in [0.1, 0.15) is 59.3 Å². The van der Waals surface area contributed by atoms with Gasteiger partial charge in [0.1, 0.15) is 5.60 Å². The Kier molecular flexibility index (Phi) is 11.6. The quantitative estimate of drug-likeness (QED) is 0.268. The van der Waals surface area contributed by atoms with Crippen LogP contribution in [0.2, 0.25) is 0 Å². The minimum Gasteiger partial charge on any atom is -0.550 e. The van der Waals surface area contributed by atoms with Crippen molar-refractivity contribution in [3.05, 3.63) is 0 Å². The van der Waals surface area contributed by atoms with Gasteiger partial charge in [-0.3, -0.25) is 9.35 Å². The summed E-state index contributed by atoms with van der Waals surface area (Å²) in [6.07, 6.45) is 2.02. The van der Waals surface area contributed by atoms with E-state index in [1.54, 1.807) is 13.8 Å². The standard InChI is InChI=1S/C13H24O7S.Na/c1-4-7-8-13(5-2,6-3)20-12(16)10(9-11(14)15)21(17,18)19;/h10H,4-9H2,1-3H3,(H,14,15)(H,17,18,19);/q;+1/p-1. The van der Waals surface area contributed by atoms with Crippen LogP contribution in [0.15, 0.2) is 0 Å². The zero-order chi connectivity index (χ0) is 16.7. The number of aliphatic carboxylic acids is 1. The first kappa shape index (κ1) is 24.1. The molecular weight excluding hydrogens is 323 g/mol. The Morgan fingerprint density at radius 2 is 1.73 bits per heavy atom. The van der Waals surface area contributed by atoms with E-state index >= 15 is 0 Å². The second kappa shape index (κ2) is 10.6. The molecule has 0 aliphatic heterocycles. The number of ether oxygens (including phenoxy) is 1. The molecule has 0 rings (SSSR count). The Morgan fingerprint density at radius 1 is 1.23 bits per heavy atom. The number of carbonyl (C=O) groups is 2. The Bertz CT molecular complexity index is 457. The van der Waals surface area contributed by atoms with Crippen LogP contribution in [-0.2, 0) is 24.4 Å². The minimum atomic E-state index is -4.86. The second-order valence-electron chi connectivity index (χ2n) is 4.99. The molecule has 0 radical (unpaired) electrons. The molecule has 0 bridgehead atoms. The summed E-state index contributed by atoms with van der Waals surface area (Å²) in [5, 5.41) is 8.39. The summed E-state index contributed by atoms with van der Waals surface area (Å²) in [7, 11) is -4.86. The number of carboxylic acid groups (broad SMARTS) is 1. The molecule has 0 aliphatic carbocycles. The third-order valence-corrected chi connectivity index (χ3v) is 4.64. The molecule has 124 valence electrons. The molecule has 0 aliphatic rings. The van der Waals surface area contributed by atoms with E-state index in [1.807, 2.05) is 6.92 Å². The van der Waals surface area contributed by atoms with E-state index in [-0.39, 0.29) is 29.6 Å². The molecule has 0 amide bonds. The average molecular weight is 346 g/mol. The molecular formula is C13H23NaO7S. The van der Waals surface area contributed by atoms with Crippen molar-refractivity contribution in [1.82, 2.24) is 0 Å². The van der Waals surface area contributed by atoms with E-state index in [1.165, 1.54) is 0 Å². The summed E-state index contributed by atoms with van der Waals surface area (Å²) in [5.74, 6) is -3.00. The van der Waals surface area contributed by atoms with Gasteiger partial charge in [0.15, 0.2) is 5.25 Å². The topological polar surface area (TPSA) is 121 Å². The molecule has 22 heavy (non-hydrogen) atoms. The molecule has 0 aromatic rings. The zero-order valence-electron chi connectivity index (χ0n) is 13.6. The van der Waals surface area contributed by atoms with Gasteiger partial charge in [-0.2, -0.15) is 8.42 Å². The molecule has 0 aromatic carbocycles. The molecule has 1 atom stereocenters. The van der Waals surface area contributed by atoms with Crippen molar-refractivity contribution in [3.63, 3.8) is 0 Å². The first-order valence-corrected chi connectivity index (χ1v) is 8.51. The summed E-state index contributed by atoms with van der Waals surface area (Å²) in [4.78, 5) is 22.5. The zero-order valence-corrected chi connectivity index (χ0v) is 16.4. The maximum absolute atomic E-state index is 12.0. The Labute approximate surface area is 153 Å². The van der Waals surface area contributed by atoms with Gasteiger partial charge >= 0.3 is 35.5 Å². The van der Waals surface area contributed by atoms with Crippen LogP contribution in [0.25, 0.3) is 0 Å². The van der Waals surface area contributed by atoms with Gasteiger partial charge in [-0.05, 0) is 25.7 Å². The van der Waals surface area contributed by atoms with E-state index in [2.05, 4.69) is 0 Å². The molecule has 0 saturated heterocycles. The number of hydrogen-bond acceptors (Lipinski definition) is 6. The number of carbonyl (C=O) groups excluding carboxylic acids is 2. The van der Waals surface area contributed by atoms with Crippen LogP contribution in [0.3, 0.4) is 0 Å². The summed E-state index contributed by atoms with van der Waals surface area (Å²) in [6, 6.07) is 0. The third kappa shape index (κ3) is 7.92. The fourth-order valence-electron chi connectivity index (χ4n) is 2.04. The fraction of sp³-hybridized carbons (Fsp3) is 0.846. The number of rotatable bonds is 10. The number of unbranched alkanes of at least 4 members (excludes halogenated alkanes) is 1. The van der Waals surface area contributed by atoms with Crippen molar-refractivity contribution in [3.8, 4) is 0 Å². The summed E-state index contributed by atoms with van der Waals surface area (Å²) in [5.41, 5.74) is -0.845. The Hall–Kier alpha value is -0.150.